The first-order valence-electron chi connectivity index (χ1n) is 9.44. The zero-order valence-corrected chi connectivity index (χ0v) is 16.8. The maximum Gasteiger partial charge on any atom is 0.191 e. The molecule has 1 aromatic rings. The highest BCUT2D eigenvalue weighted by Gasteiger charge is 2.19. The first-order chi connectivity index (χ1) is 12.6. The molecule has 0 heterocycles. The highest BCUT2D eigenvalue weighted by molar-refractivity contribution is 5.80. The van der Waals surface area contributed by atoms with Crippen molar-refractivity contribution in [2.75, 3.05) is 41.9 Å². The SMILES string of the molecule is CN=C(NCC(c1ccc(OC)c(OC)c1)N(C)C)NC1CCCCC1. The fraction of sp³-hybridized carbons (Fsp3) is 0.650. The minimum Gasteiger partial charge on any atom is -0.493 e. The lowest BCUT2D eigenvalue weighted by Gasteiger charge is -2.28. The Hall–Kier alpha value is -1.95. The number of aliphatic imine (C=N–C) groups is 1. The molecule has 26 heavy (non-hydrogen) atoms. The van der Waals surface area contributed by atoms with Gasteiger partial charge in [-0.25, -0.2) is 0 Å². The van der Waals surface area contributed by atoms with E-state index in [-0.39, 0.29) is 6.04 Å². The third-order valence-corrected chi connectivity index (χ3v) is 5.05. The van der Waals surface area contributed by atoms with Crippen LogP contribution in [0, 0.1) is 0 Å². The van der Waals surface area contributed by atoms with Gasteiger partial charge < -0.3 is 25.0 Å². The molecule has 1 aromatic carbocycles. The fourth-order valence-electron chi connectivity index (χ4n) is 3.49. The number of ether oxygens (including phenoxy) is 2. The Kier molecular flexibility index (Phi) is 8.04. The first kappa shape index (κ1) is 20.4. The van der Waals surface area contributed by atoms with Crippen LogP contribution in [0.25, 0.3) is 0 Å². The molecular formula is C20H34N4O2. The van der Waals surface area contributed by atoms with Crippen LogP contribution < -0.4 is 20.1 Å². The molecule has 0 aliphatic heterocycles. The second-order valence-corrected chi connectivity index (χ2v) is 7.03. The number of guanidine groups is 1. The van der Waals surface area contributed by atoms with E-state index in [9.17, 15) is 0 Å². The van der Waals surface area contributed by atoms with E-state index < -0.39 is 0 Å². The largest absolute Gasteiger partial charge is 0.493 e. The summed E-state index contributed by atoms with van der Waals surface area (Å²) >= 11 is 0. The van der Waals surface area contributed by atoms with Crippen LogP contribution in [0.1, 0.15) is 43.7 Å². The highest BCUT2D eigenvalue weighted by Crippen LogP contribution is 2.31. The van der Waals surface area contributed by atoms with Crippen molar-refractivity contribution in [2.24, 2.45) is 4.99 Å². The summed E-state index contributed by atoms with van der Waals surface area (Å²) in [5.41, 5.74) is 1.17. The Balaban J connectivity index is 2.03. The Bertz CT molecular complexity index is 583. The van der Waals surface area contributed by atoms with Crippen LogP contribution in [-0.2, 0) is 0 Å². The van der Waals surface area contributed by atoms with Crippen LogP contribution in [-0.4, -0.2) is 58.8 Å². The van der Waals surface area contributed by atoms with E-state index in [0.29, 0.717) is 6.04 Å². The summed E-state index contributed by atoms with van der Waals surface area (Å²) in [5.74, 6) is 2.38. The molecule has 2 rings (SSSR count). The molecule has 0 bridgehead atoms. The monoisotopic (exact) mass is 362 g/mol. The van der Waals surface area contributed by atoms with Crippen LogP contribution in [0.3, 0.4) is 0 Å². The van der Waals surface area contributed by atoms with Gasteiger partial charge in [-0.15, -0.1) is 0 Å². The number of methoxy groups -OCH3 is 2. The molecule has 0 radical (unpaired) electrons. The lowest BCUT2D eigenvalue weighted by molar-refractivity contribution is 0.295. The number of nitrogens with one attached hydrogen (secondary N) is 2. The van der Waals surface area contributed by atoms with E-state index in [4.69, 9.17) is 9.47 Å². The average Bonchev–Trinajstić information content (AvgIpc) is 2.67. The molecule has 6 heteroatoms. The van der Waals surface area contributed by atoms with Gasteiger partial charge >= 0.3 is 0 Å². The second kappa shape index (κ2) is 10.3. The molecule has 1 aliphatic carbocycles. The molecule has 0 aromatic heterocycles. The third kappa shape index (κ3) is 5.53. The van der Waals surface area contributed by atoms with Gasteiger partial charge in [0.05, 0.1) is 20.3 Å². The van der Waals surface area contributed by atoms with Crippen molar-refractivity contribution < 1.29 is 9.47 Å². The zero-order valence-electron chi connectivity index (χ0n) is 16.8. The van der Waals surface area contributed by atoms with Crippen LogP contribution in [0.15, 0.2) is 23.2 Å². The van der Waals surface area contributed by atoms with Crippen molar-refractivity contribution in [1.29, 1.82) is 0 Å². The molecule has 146 valence electrons. The van der Waals surface area contributed by atoms with Gasteiger partial charge in [-0.1, -0.05) is 25.3 Å². The average molecular weight is 363 g/mol. The van der Waals surface area contributed by atoms with Gasteiger partial charge in [-0.3, -0.25) is 4.99 Å². The molecule has 0 spiro atoms. The topological polar surface area (TPSA) is 58.1 Å². The third-order valence-electron chi connectivity index (χ3n) is 5.05. The van der Waals surface area contributed by atoms with E-state index in [1.54, 1.807) is 14.2 Å². The summed E-state index contributed by atoms with van der Waals surface area (Å²) in [6.07, 6.45) is 6.43. The first-order valence-corrected chi connectivity index (χ1v) is 9.44. The van der Waals surface area contributed by atoms with Gasteiger partial charge in [0.1, 0.15) is 0 Å². The molecule has 1 saturated carbocycles. The number of rotatable bonds is 7. The van der Waals surface area contributed by atoms with E-state index in [2.05, 4.69) is 40.7 Å². The van der Waals surface area contributed by atoms with E-state index in [0.717, 1.165) is 24.0 Å². The lowest BCUT2D eigenvalue weighted by Crippen LogP contribution is -2.46. The van der Waals surface area contributed by atoms with Crippen molar-refractivity contribution in [3.05, 3.63) is 23.8 Å². The summed E-state index contributed by atoms with van der Waals surface area (Å²) in [6.45, 7) is 0.759. The van der Waals surface area contributed by atoms with Gasteiger partial charge in [-0.2, -0.15) is 0 Å². The van der Waals surface area contributed by atoms with Crippen molar-refractivity contribution in [3.8, 4) is 11.5 Å². The number of nitrogens with zero attached hydrogens (tertiary/aromatic N) is 2. The molecule has 0 saturated heterocycles. The highest BCUT2D eigenvalue weighted by atomic mass is 16.5. The van der Waals surface area contributed by atoms with Gasteiger partial charge in [0.15, 0.2) is 17.5 Å². The summed E-state index contributed by atoms with van der Waals surface area (Å²) in [4.78, 5) is 6.60. The van der Waals surface area contributed by atoms with Crippen molar-refractivity contribution in [3.63, 3.8) is 0 Å². The predicted molar refractivity (Wildman–Crippen MR) is 107 cm³/mol. The van der Waals surface area contributed by atoms with E-state index in [1.165, 1.54) is 37.7 Å². The smallest absolute Gasteiger partial charge is 0.191 e. The fourth-order valence-corrected chi connectivity index (χ4v) is 3.49. The quantitative estimate of drug-likeness (QED) is 0.577. The summed E-state index contributed by atoms with van der Waals surface area (Å²) in [7, 11) is 9.32. The molecule has 2 N–H and O–H groups in total. The van der Waals surface area contributed by atoms with Crippen molar-refractivity contribution >= 4 is 5.96 Å². The van der Waals surface area contributed by atoms with Gasteiger partial charge in [0.2, 0.25) is 0 Å². The standard InChI is InChI=1S/C20H34N4O2/c1-21-20(23-16-9-7-6-8-10-16)22-14-17(24(2)3)15-11-12-18(25-4)19(13-15)26-5/h11-13,16-17H,6-10,14H2,1-5H3,(H2,21,22,23). The maximum atomic E-state index is 5.45. The Labute approximate surface area is 158 Å². The minimum absolute atomic E-state index is 0.194. The Morgan fingerprint density at radius 2 is 1.85 bits per heavy atom. The van der Waals surface area contributed by atoms with Crippen LogP contribution in [0.2, 0.25) is 0 Å². The summed E-state index contributed by atoms with van der Waals surface area (Å²) < 4.78 is 10.8. The lowest BCUT2D eigenvalue weighted by atomic mass is 9.96. The zero-order chi connectivity index (χ0) is 18.9. The normalized spacial score (nSPS) is 17.1. The van der Waals surface area contributed by atoms with E-state index in [1.807, 2.05) is 19.2 Å². The number of hydrogen-bond donors (Lipinski definition) is 2. The Morgan fingerprint density at radius 1 is 1.15 bits per heavy atom. The summed E-state index contributed by atoms with van der Waals surface area (Å²) in [6, 6.07) is 6.82. The minimum atomic E-state index is 0.194. The van der Waals surface area contributed by atoms with Gasteiger partial charge in [-0.05, 0) is 44.6 Å². The van der Waals surface area contributed by atoms with E-state index >= 15 is 0 Å². The number of hydrogen-bond acceptors (Lipinski definition) is 4. The van der Waals surface area contributed by atoms with Gasteiger partial charge in [0.25, 0.3) is 0 Å². The van der Waals surface area contributed by atoms with Crippen molar-refractivity contribution in [1.82, 2.24) is 15.5 Å². The molecule has 0 amide bonds. The van der Waals surface area contributed by atoms with Gasteiger partial charge in [0, 0.05) is 19.6 Å². The maximum absolute atomic E-state index is 5.45. The molecule has 6 nitrogen and oxygen atoms in total. The molecule has 1 atom stereocenters. The summed E-state index contributed by atoms with van der Waals surface area (Å²) in [5, 5.41) is 7.06. The van der Waals surface area contributed by atoms with Crippen LogP contribution in [0.4, 0.5) is 0 Å². The number of benzene rings is 1. The molecule has 1 fully saturated rings. The van der Waals surface area contributed by atoms with Crippen LogP contribution >= 0.6 is 0 Å². The van der Waals surface area contributed by atoms with Crippen molar-refractivity contribution in [2.45, 2.75) is 44.2 Å². The molecule has 1 unspecified atom stereocenters. The van der Waals surface area contributed by atoms with Crippen LogP contribution in [0.5, 0.6) is 11.5 Å². The Morgan fingerprint density at radius 3 is 2.42 bits per heavy atom. The molecule has 1 aliphatic rings. The molecular weight excluding hydrogens is 328 g/mol. The predicted octanol–water partition coefficient (Wildman–Crippen LogP) is 2.80. The second-order valence-electron chi connectivity index (χ2n) is 7.03. The number of likely N-dealkylation sites (N-methyl/N-ethyl adjacent to an activating group) is 1.